The molecule has 0 saturated heterocycles. The Balaban J connectivity index is 2.33. The Bertz CT molecular complexity index is 745. The first kappa shape index (κ1) is 13.9. The molecule has 2 rings (SSSR count). The molecule has 2 aromatic rings. The van der Waals surface area contributed by atoms with Crippen molar-refractivity contribution in [3.05, 3.63) is 54.1 Å². The second-order valence-corrected chi connectivity index (χ2v) is 5.37. The Morgan fingerprint density at radius 1 is 1.05 bits per heavy atom. The van der Waals surface area contributed by atoms with E-state index >= 15 is 0 Å². The van der Waals surface area contributed by atoms with Crippen molar-refractivity contribution in [3.8, 4) is 17.6 Å². The highest BCUT2D eigenvalue weighted by Crippen LogP contribution is 2.23. The number of nitriles is 1. The SMILES string of the molecule is COc1ccc(S(=O)(=O)Oc2ccccc2C#N)cc1. The summed E-state index contributed by atoms with van der Waals surface area (Å²) in [4.78, 5) is -0.00829. The van der Waals surface area contributed by atoms with E-state index in [1.807, 2.05) is 6.07 Å². The number of methoxy groups -OCH3 is 1. The highest BCUT2D eigenvalue weighted by Gasteiger charge is 2.18. The first-order valence-electron chi connectivity index (χ1n) is 5.64. The first-order valence-corrected chi connectivity index (χ1v) is 7.05. The minimum Gasteiger partial charge on any atom is -0.497 e. The molecule has 6 heteroatoms. The quantitative estimate of drug-likeness (QED) is 0.807. The van der Waals surface area contributed by atoms with Crippen LogP contribution in [0, 0.1) is 11.3 Å². The van der Waals surface area contributed by atoms with Gasteiger partial charge in [0.2, 0.25) is 0 Å². The largest absolute Gasteiger partial charge is 0.497 e. The van der Waals surface area contributed by atoms with E-state index in [1.165, 1.54) is 43.5 Å². The summed E-state index contributed by atoms with van der Waals surface area (Å²) in [5, 5.41) is 8.91. The lowest BCUT2D eigenvalue weighted by molar-refractivity contribution is 0.414. The molecule has 0 aliphatic carbocycles. The average molecular weight is 289 g/mol. The summed E-state index contributed by atoms with van der Waals surface area (Å²) in [5.41, 5.74) is 0.157. The van der Waals surface area contributed by atoms with Crippen molar-refractivity contribution in [2.45, 2.75) is 4.90 Å². The molecule has 0 N–H and O–H groups in total. The lowest BCUT2D eigenvalue weighted by atomic mass is 10.2. The fraction of sp³-hybridized carbons (Fsp3) is 0.0714. The maximum absolute atomic E-state index is 12.1. The van der Waals surface area contributed by atoms with Crippen molar-refractivity contribution in [2.75, 3.05) is 7.11 Å². The molecule has 2 aromatic carbocycles. The molecule has 0 aromatic heterocycles. The van der Waals surface area contributed by atoms with Crippen molar-refractivity contribution >= 4 is 10.1 Å². The first-order chi connectivity index (χ1) is 9.56. The molecular weight excluding hydrogens is 278 g/mol. The third kappa shape index (κ3) is 2.90. The van der Waals surface area contributed by atoms with Gasteiger partial charge in [0.1, 0.15) is 16.7 Å². The molecule has 0 aliphatic heterocycles. The number of nitrogens with zero attached hydrogens (tertiary/aromatic N) is 1. The van der Waals surface area contributed by atoms with Crippen molar-refractivity contribution in [1.82, 2.24) is 0 Å². The summed E-state index contributed by atoms with van der Waals surface area (Å²) >= 11 is 0. The van der Waals surface area contributed by atoms with E-state index in [9.17, 15) is 8.42 Å². The van der Waals surface area contributed by atoms with Crippen molar-refractivity contribution in [3.63, 3.8) is 0 Å². The molecule has 0 radical (unpaired) electrons. The number of benzene rings is 2. The van der Waals surface area contributed by atoms with Gasteiger partial charge in [-0.15, -0.1) is 0 Å². The molecule has 0 amide bonds. The smallest absolute Gasteiger partial charge is 0.339 e. The lowest BCUT2D eigenvalue weighted by Crippen LogP contribution is -2.10. The molecule has 20 heavy (non-hydrogen) atoms. The molecule has 0 unspecified atom stereocenters. The van der Waals surface area contributed by atoms with E-state index < -0.39 is 10.1 Å². The van der Waals surface area contributed by atoms with Crippen LogP contribution in [0.4, 0.5) is 0 Å². The van der Waals surface area contributed by atoms with Gasteiger partial charge in [0.15, 0.2) is 5.75 Å². The Morgan fingerprint density at radius 3 is 2.30 bits per heavy atom. The van der Waals surface area contributed by atoms with Crippen LogP contribution in [0.3, 0.4) is 0 Å². The topological polar surface area (TPSA) is 76.4 Å². The summed E-state index contributed by atoms with van der Waals surface area (Å²) in [6.07, 6.45) is 0. The van der Waals surface area contributed by atoms with Gasteiger partial charge in [0, 0.05) is 0 Å². The molecular formula is C14H11NO4S. The predicted octanol–water partition coefficient (Wildman–Crippen LogP) is 2.33. The third-order valence-corrected chi connectivity index (χ3v) is 3.80. The Labute approximate surface area is 117 Å². The Kier molecular flexibility index (Phi) is 3.91. The van der Waals surface area contributed by atoms with Gasteiger partial charge in [-0.05, 0) is 36.4 Å². The third-order valence-electron chi connectivity index (χ3n) is 2.56. The fourth-order valence-corrected chi connectivity index (χ4v) is 2.49. The zero-order valence-electron chi connectivity index (χ0n) is 10.6. The summed E-state index contributed by atoms with van der Waals surface area (Å²) in [7, 11) is -2.49. The van der Waals surface area contributed by atoms with Crippen LogP contribution in [0.2, 0.25) is 0 Å². The molecule has 0 aliphatic rings. The number of hydrogen-bond acceptors (Lipinski definition) is 5. The molecule has 0 atom stereocenters. The standard InChI is InChI=1S/C14H11NO4S/c1-18-12-6-8-13(9-7-12)20(16,17)19-14-5-3-2-4-11(14)10-15/h2-9H,1H3. The van der Waals surface area contributed by atoms with Gasteiger partial charge in [0.05, 0.1) is 12.7 Å². The number of ether oxygens (including phenoxy) is 1. The maximum Gasteiger partial charge on any atom is 0.339 e. The van der Waals surface area contributed by atoms with Gasteiger partial charge in [0.25, 0.3) is 0 Å². The summed E-state index contributed by atoms with van der Waals surface area (Å²) in [5.74, 6) is 0.548. The lowest BCUT2D eigenvalue weighted by Gasteiger charge is -2.08. The predicted molar refractivity (Wildman–Crippen MR) is 72.0 cm³/mol. The fourth-order valence-electron chi connectivity index (χ4n) is 1.54. The van der Waals surface area contributed by atoms with E-state index in [0.717, 1.165) is 0 Å². The van der Waals surface area contributed by atoms with Gasteiger partial charge in [-0.25, -0.2) is 0 Å². The van der Waals surface area contributed by atoms with Gasteiger partial charge >= 0.3 is 10.1 Å². The highest BCUT2D eigenvalue weighted by atomic mass is 32.2. The van der Waals surface area contributed by atoms with Crippen LogP contribution in [0.5, 0.6) is 11.5 Å². The van der Waals surface area contributed by atoms with Gasteiger partial charge in [-0.2, -0.15) is 13.7 Å². The molecule has 0 bridgehead atoms. The van der Waals surface area contributed by atoms with Crippen molar-refractivity contribution < 1.29 is 17.3 Å². The molecule has 0 heterocycles. The van der Waals surface area contributed by atoms with Crippen LogP contribution in [-0.4, -0.2) is 15.5 Å². The van der Waals surface area contributed by atoms with E-state index in [2.05, 4.69) is 0 Å². The number of hydrogen-bond donors (Lipinski definition) is 0. The average Bonchev–Trinajstić information content (AvgIpc) is 2.47. The molecule has 5 nitrogen and oxygen atoms in total. The van der Waals surface area contributed by atoms with Gasteiger partial charge in [-0.1, -0.05) is 12.1 Å². The maximum atomic E-state index is 12.1. The minimum atomic E-state index is -3.98. The zero-order valence-corrected chi connectivity index (χ0v) is 11.4. The van der Waals surface area contributed by atoms with E-state index in [4.69, 9.17) is 14.2 Å². The second-order valence-electron chi connectivity index (χ2n) is 3.82. The van der Waals surface area contributed by atoms with Crippen LogP contribution in [0.25, 0.3) is 0 Å². The van der Waals surface area contributed by atoms with Crippen LogP contribution in [0.1, 0.15) is 5.56 Å². The normalized spacial score (nSPS) is 10.6. The second kappa shape index (κ2) is 5.63. The van der Waals surface area contributed by atoms with E-state index in [1.54, 1.807) is 12.1 Å². The summed E-state index contributed by atoms with van der Waals surface area (Å²) < 4.78 is 34.1. The number of rotatable bonds is 4. The molecule has 0 saturated carbocycles. The van der Waals surface area contributed by atoms with Crippen LogP contribution in [-0.2, 0) is 10.1 Å². The molecule has 0 spiro atoms. The Morgan fingerprint density at radius 2 is 1.70 bits per heavy atom. The van der Waals surface area contributed by atoms with Gasteiger partial charge < -0.3 is 8.92 Å². The van der Waals surface area contributed by atoms with Gasteiger partial charge in [-0.3, -0.25) is 0 Å². The van der Waals surface area contributed by atoms with Crippen molar-refractivity contribution in [2.24, 2.45) is 0 Å². The molecule has 0 fully saturated rings. The summed E-state index contributed by atoms with van der Waals surface area (Å²) in [6.45, 7) is 0. The van der Waals surface area contributed by atoms with E-state index in [-0.39, 0.29) is 16.2 Å². The van der Waals surface area contributed by atoms with E-state index in [0.29, 0.717) is 5.75 Å². The Hall–Kier alpha value is -2.52. The molecule has 102 valence electrons. The highest BCUT2D eigenvalue weighted by molar-refractivity contribution is 7.87. The minimum absolute atomic E-state index is 0.00539. The van der Waals surface area contributed by atoms with Crippen molar-refractivity contribution in [1.29, 1.82) is 5.26 Å². The zero-order chi connectivity index (χ0) is 14.6. The van der Waals surface area contributed by atoms with Crippen LogP contribution >= 0.6 is 0 Å². The summed E-state index contributed by atoms with van der Waals surface area (Å²) in [6, 6.07) is 13.8. The van der Waals surface area contributed by atoms with Crippen LogP contribution < -0.4 is 8.92 Å². The number of para-hydroxylation sites is 1. The monoisotopic (exact) mass is 289 g/mol. The van der Waals surface area contributed by atoms with Crippen LogP contribution in [0.15, 0.2) is 53.4 Å².